The van der Waals surface area contributed by atoms with Gasteiger partial charge < -0.3 is 9.80 Å². The first-order chi connectivity index (χ1) is 14.5. The lowest BCUT2D eigenvalue weighted by atomic mass is 10.1. The summed E-state index contributed by atoms with van der Waals surface area (Å²) in [4.78, 5) is 32.2. The number of amides is 2. The third kappa shape index (κ3) is 4.80. The maximum Gasteiger partial charge on any atom is 0.254 e. The van der Waals surface area contributed by atoms with Crippen molar-refractivity contribution in [1.29, 1.82) is 0 Å². The summed E-state index contributed by atoms with van der Waals surface area (Å²) in [5, 5.41) is 0.838. The molecule has 7 heteroatoms. The molecule has 0 aromatic heterocycles. The standard InChI is InChI=1S/C23H25Cl2N3O2/c24-19-13-18(14-20(25)15-19)22(29)28-8-4-7-21(28)23(30)27-11-9-26(10-12-27)16-17-5-2-1-3-6-17/h1-3,5-6,13-15,21H,4,7-12,16H2. The van der Waals surface area contributed by atoms with E-state index in [1.165, 1.54) is 5.56 Å². The van der Waals surface area contributed by atoms with Gasteiger partial charge in [-0.25, -0.2) is 0 Å². The van der Waals surface area contributed by atoms with E-state index in [1.807, 2.05) is 23.1 Å². The van der Waals surface area contributed by atoms with Gasteiger partial charge >= 0.3 is 0 Å². The smallest absolute Gasteiger partial charge is 0.254 e. The third-order valence-corrected chi connectivity index (χ3v) is 6.28. The van der Waals surface area contributed by atoms with Gasteiger partial charge in [0, 0.05) is 54.9 Å². The molecule has 2 saturated heterocycles. The van der Waals surface area contributed by atoms with E-state index in [2.05, 4.69) is 17.0 Å². The zero-order chi connectivity index (χ0) is 21.1. The number of likely N-dealkylation sites (tertiary alicyclic amines) is 1. The summed E-state index contributed by atoms with van der Waals surface area (Å²) in [5.41, 5.74) is 1.71. The molecule has 30 heavy (non-hydrogen) atoms. The van der Waals surface area contributed by atoms with Gasteiger partial charge in [0.15, 0.2) is 0 Å². The quantitative estimate of drug-likeness (QED) is 0.715. The van der Waals surface area contributed by atoms with Crippen LogP contribution in [0.3, 0.4) is 0 Å². The fourth-order valence-electron chi connectivity index (χ4n) is 4.29. The molecule has 4 rings (SSSR count). The van der Waals surface area contributed by atoms with Gasteiger partial charge in [-0.3, -0.25) is 14.5 Å². The summed E-state index contributed by atoms with van der Waals surface area (Å²) in [6.07, 6.45) is 1.52. The highest BCUT2D eigenvalue weighted by atomic mass is 35.5. The van der Waals surface area contributed by atoms with E-state index in [4.69, 9.17) is 23.2 Å². The molecular weight excluding hydrogens is 421 g/mol. The molecule has 2 aliphatic rings. The highest BCUT2D eigenvalue weighted by Gasteiger charge is 2.37. The van der Waals surface area contributed by atoms with E-state index in [9.17, 15) is 9.59 Å². The minimum atomic E-state index is -0.407. The molecule has 2 aromatic rings. The molecule has 0 aliphatic carbocycles. The average molecular weight is 446 g/mol. The zero-order valence-electron chi connectivity index (χ0n) is 16.8. The normalized spacial score (nSPS) is 19.9. The van der Waals surface area contributed by atoms with Crippen LogP contribution in [0.15, 0.2) is 48.5 Å². The summed E-state index contributed by atoms with van der Waals surface area (Å²) in [6, 6.07) is 14.8. The number of carbonyl (C=O) groups is 2. The van der Waals surface area contributed by atoms with Crippen molar-refractivity contribution in [2.24, 2.45) is 0 Å². The largest absolute Gasteiger partial charge is 0.338 e. The first-order valence-corrected chi connectivity index (χ1v) is 11.1. The molecule has 0 N–H and O–H groups in total. The fraction of sp³-hybridized carbons (Fsp3) is 0.391. The Hall–Kier alpha value is -2.08. The molecule has 0 saturated carbocycles. The molecule has 2 aliphatic heterocycles. The molecule has 158 valence electrons. The predicted octanol–water partition coefficient (Wildman–Crippen LogP) is 3.94. The van der Waals surface area contributed by atoms with E-state index in [1.54, 1.807) is 23.1 Å². The van der Waals surface area contributed by atoms with Crippen LogP contribution >= 0.6 is 23.2 Å². The Labute approximate surface area is 187 Å². The van der Waals surface area contributed by atoms with Crippen molar-refractivity contribution in [1.82, 2.24) is 14.7 Å². The van der Waals surface area contributed by atoms with Crippen LogP contribution in [-0.4, -0.2) is 65.3 Å². The van der Waals surface area contributed by atoms with E-state index in [-0.39, 0.29) is 11.8 Å². The van der Waals surface area contributed by atoms with Crippen LogP contribution in [0.1, 0.15) is 28.8 Å². The van der Waals surface area contributed by atoms with Crippen molar-refractivity contribution in [3.8, 4) is 0 Å². The van der Waals surface area contributed by atoms with Crippen LogP contribution in [0.2, 0.25) is 10.0 Å². The van der Waals surface area contributed by atoms with Crippen molar-refractivity contribution < 1.29 is 9.59 Å². The fourth-order valence-corrected chi connectivity index (χ4v) is 4.81. The Morgan fingerprint density at radius 2 is 1.57 bits per heavy atom. The number of benzene rings is 2. The van der Waals surface area contributed by atoms with E-state index < -0.39 is 6.04 Å². The lowest BCUT2D eigenvalue weighted by Gasteiger charge is -2.37. The van der Waals surface area contributed by atoms with Crippen LogP contribution in [-0.2, 0) is 11.3 Å². The van der Waals surface area contributed by atoms with E-state index in [0.29, 0.717) is 41.7 Å². The Morgan fingerprint density at radius 1 is 0.900 bits per heavy atom. The van der Waals surface area contributed by atoms with Crippen molar-refractivity contribution in [2.45, 2.75) is 25.4 Å². The van der Waals surface area contributed by atoms with Crippen molar-refractivity contribution in [2.75, 3.05) is 32.7 Å². The van der Waals surface area contributed by atoms with Gasteiger partial charge in [-0.15, -0.1) is 0 Å². The van der Waals surface area contributed by atoms with Crippen molar-refractivity contribution in [3.05, 3.63) is 69.7 Å². The number of piperazine rings is 1. The van der Waals surface area contributed by atoms with Crippen molar-refractivity contribution >= 4 is 35.0 Å². The van der Waals surface area contributed by atoms with Crippen LogP contribution in [0.25, 0.3) is 0 Å². The maximum absolute atomic E-state index is 13.2. The van der Waals surface area contributed by atoms with Gasteiger partial charge in [0.1, 0.15) is 6.04 Å². The van der Waals surface area contributed by atoms with Gasteiger partial charge in [-0.05, 0) is 36.6 Å². The molecule has 2 aromatic carbocycles. The molecule has 2 heterocycles. The molecule has 0 spiro atoms. The Morgan fingerprint density at radius 3 is 2.23 bits per heavy atom. The molecule has 0 bridgehead atoms. The van der Waals surface area contributed by atoms with Crippen LogP contribution in [0.4, 0.5) is 0 Å². The second-order valence-electron chi connectivity index (χ2n) is 7.90. The van der Waals surface area contributed by atoms with Gasteiger partial charge in [0.05, 0.1) is 0 Å². The minimum Gasteiger partial charge on any atom is -0.338 e. The zero-order valence-corrected chi connectivity index (χ0v) is 18.3. The topological polar surface area (TPSA) is 43.9 Å². The number of nitrogens with zero attached hydrogens (tertiary/aromatic N) is 3. The lowest BCUT2D eigenvalue weighted by molar-refractivity contribution is -0.137. The van der Waals surface area contributed by atoms with E-state index >= 15 is 0 Å². The van der Waals surface area contributed by atoms with Crippen molar-refractivity contribution in [3.63, 3.8) is 0 Å². The first-order valence-electron chi connectivity index (χ1n) is 10.3. The Balaban J connectivity index is 1.37. The average Bonchev–Trinajstić information content (AvgIpc) is 3.23. The number of hydrogen-bond donors (Lipinski definition) is 0. The highest BCUT2D eigenvalue weighted by Crippen LogP contribution is 2.26. The van der Waals surface area contributed by atoms with E-state index in [0.717, 1.165) is 26.1 Å². The number of hydrogen-bond acceptors (Lipinski definition) is 3. The Bertz CT molecular complexity index is 894. The van der Waals surface area contributed by atoms with Gasteiger partial charge in [0.25, 0.3) is 5.91 Å². The predicted molar refractivity (Wildman–Crippen MR) is 119 cm³/mol. The van der Waals surface area contributed by atoms with Crippen LogP contribution < -0.4 is 0 Å². The number of halogens is 2. The second-order valence-corrected chi connectivity index (χ2v) is 8.77. The van der Waals surface area contributed by atoms with Gasteiger partial charge in [-0.1, -0.05) is 53.5 Å². The van der Waals surface area contributed by atoms with Gasteiger partial charge in [0.2, 0.25) is 5.91 Å². The lowest BCUT2D eigenvalue weighted by Crippen LogP contribution is -2.54. The highest BCUT2D eigenvalue weighted by molar-refractivity contribution is 6.35. The summed E-state index contributed by atoms with van der Waals surface area (Å²) in [7, 11) is 0. The third-order valence-electron chi connectivity index (χ3n) is 5.84. The SMILES string of the molecule is O=C(C1CCCN1C(=O)c1cc(Cl)cc(Cl)c1)N1CCN(Cc2ccccc2)CC1. The first kappa shape index (κ1) is 21.2. The number of carbonyl (C=O) groups excluding carboxylic acids is 2. The molecule has 5 nitrogen and oxygen atoms in total. The Kier molecular flexibility index (Phi) is 6.61. The molecule has 0 radical (unpaired) electrons. The summed E-state index contributed by atoms with van der Waals surface area (Å²) < 4.78 is 0. The number of rotatable bonds is 4. The maximum atomic E-state index is 13.2. The molecule has 2 fully saturated rings. The van der Waals surface area contributed by atoms with Gasteiger partial charge in [-0.2, -0.15) is 0 Å². The van der Waals surface area contributed by atoms with Crippen LogP contribution in [0.5, 0.6) is 0 Å². The summed E-state index contributed by atoms with van der Waals surface area (Å²) in [5.74, 6) is -0.133. The summed E-state index contributed by atoms with van der Waals surface area (Å²) >= 11 is 12.1. The molecule has 2 amide bonds. The summed E-state index contributed by atoms with van der Waals surface area (Å²) in [6.45, 7) is 4.52. The molecule has 1 unspecified atom stereocenters. The second kappa shape index (κ2) is 9.38. The molecular formula is C23H25Cl2N3O2. The minimum absolute atomic E-state index is 0.0494. The van der Waals surface area contributed by atoms with Crippen LogP contribution in [0, 0.1) is 0 Å². The monoisotopic (exact) mass is 445 g/mol. The molecule has 1 atom stereocenters.